The Balaban J connectivity index is 0. The highest BCUT2D eigenvalue weighted by Crippen LogP contribution is 1.71. The van der Waals surface area contributed by atoms with Crippen LogP contribution in [0.1, 0.15) is 20.8 Å². The van der Waals surface area contributed by atoms with Crippen LogP contribution in [0, 0.1) is 0 Å². The standard InChI is InChI=1S/C5H14N2.C2H6/c1-4-7(3)5-6-2;1-2/h6H,4-5H2,1-3H3;1-2H3. The Morgan fingerprint density at radius 2 is 1.78 bits per heavy atom. The first-order valence-corrected chi connectivity index (χ1v) is 3.64. The number of nitrogens with one attached hydrogen (secondary N) is 1. The zero-order valence-electron chi connectivity index (χ0n) is 7.36. The van der Waals surface area contributed by atoms with Crippen molar-refractivity contribution in [3.05, 3.63) is 0 Å². The lowest BCUT2D eigenvalue weighted by atomic mass is 10.7. The summed E-state index contributed by atoms with van der Waals surface area (Å²) in [5.74, 6) is 0. The van der Waals surface area contributed by atoms with Crippen molar-refractivity contribution in [3.8, 4) is 0 Å². The van der Waals surface area contributed by atoms with Gasteiger partial charge in [0.2, 0.25) is 0 Å². The molecule has 0 aliphatic rings. The molecule has 58 valence electrons. The predicted molar refractivity (Wildman–Crippen MR) is 43.6 cm³/mol. The molecule has 0 aromatic rings. The minimum atomic E-state index is 0.983. The predicted octanol–water partition coefficient (Wildman–Crippen LogP) is 1.14. The van der Waals surface area contributed by atoms with E-state index < -0.39 is 0 Å². The third kappa shape index (κ3) is 11.5. The number of rotatable bonds is 3. The molecule has 0 radical (unpaired) electrons. The second-order valence-corrected chi connectivity index (χ2v) is 1.68. The zero-order chi connectivity index (χ0) is 7.70. The van der Waals surface area contributed by atoms with E-state index in [9.17, 15) is 0 Å². The summed E-state index contributed by atoms with van der Waals surface area (Å²) in [5, 5.41) is 3.04. The summed E-state index contributed by atoms with van der Waals surface area (Å²) in [5.41, 5.74) is 0. The van der Waals surface area contributed by atoms with E-state index in [2.05, 4.69) is 24.2 Å². The molecule has 9 heavy (non-hydrogen) atoms. The van der Waals surface area contributed by atoms with E-state index in [1.165, 1.54) is 0 Å². The van der Waals surface area contributed by atoms with Crippen LogP contribution in [0.25, 0.3) is 0 Å². The lowest BCUT2D eigenvalue weighted by Gasteiger charge is -2.11. The van der Waals surface area contributed by atoms with E-state index in [-0.39, 0.29) is 0 Å². The first-order valence-electron chi connectivity index (χ1n) is 3.64. The molecule has 0 bridgehead atoms. The summed E-state index contributed by atoms with van der Waals surface area (Å²) in [6.07, 6.45) is 0. The van der Waals surface area contributed by atoms with Gasteiger partial charge in [0.15, 0.2) is 0 Å². The topological polar surface area (TPSA) is 15.3 Å². The summed E-state index contributed by atoms with van der Waals surface area (Å²) < 4.78 is 0. The molecule has 0 rings (SSSR count). The lowest BCUT2D eigenvalue weighted by molar-refractivity contribution is 0.334. The van der Waals surface area contributed by atoms with Crippen molar-refractivity contribution in [2.24, 2.45) is 0 Å². The number of hydrogen-bond acceptors (Lipinski definition) is 2. The molecule has 0 aliphatic heterocycles. The van der Waals surface area contributed by atoms with Gasteiger partial charge in [-0.15, -0.1) is 0 Å². The second kappa shape index (κ2) is 10.8. The molecule has 0 spiro atoms. The quantitative estimate of drug-likeness (QED) is 0.579. The van der Waals surface area contributed by atoms with Crippen LogP contribution in [0.15, 0.2) is 0 Å². The van der Waals surface area contributed by atoms with Gasteiger partial charge in [-0.05, 0) is 20.6 Å². The van der Waals surface area contributed by atoms with Crippen molar-refractivity contribution in [2.45, 2.75) is 20.8 Å². The second-order valence-electron chi connectivity index (χ2n) is 1.68. The molecular formula is C7H20N2. The highest BCUT2D eigenvalue weighted by atomic mass is 15.2. The zero-order valence-corrected chi connectivity index (χ0v) is 7.36. The van der Waals surface area contributed by atoms with Gasteiger partial charge >= 0.3 is 0 Å². The van der Waals surface area contributed by atoms with Gasteiger partial charge in [0.05, 0.1) is 0 Å². The van der Waals surface area contributed by atoms with Gasteiger partial charge in [0.1, 0.15) is 0 Å². The van der Waals surface area contributed by atoms with E-state index in [0.29, 0.717) is 0 Å². The summed E-state index contributed by atoms with van der Waals surface area (Å²) in [6, 6.07) is 0. The maximum absolute atomic E-state index is 3.04. The van der Waals surface area contributed by atoms with Gasteiger partial charge in [-0.1, -0.05) is 20.8 Å². The van der Waals surface area contributed by atoms with Gasteiger partial charge in [-0.2, -0.15) is 0 Å². The third-order valence-corrected chi connectivity index (χ3v) is 0.968. The molecule has 0 heterocycles. The van der Waals surface area contributed by atoms with E-state index >= 15 is 0 Å². The van der Waals surface area contributed by atoms with Crippen LogP contribution in [0.3, 0.4) is 0 Å². The van der Waals surface area contributed by atoms with Crippen molar-refractivity contribution < 1.29 is 0 Å². The molecule has 0 fully saturated rings. The van der Waals surface area contributed by atoms with E-state index in [1.54, 1.807) is 0 Å². The molecule has 2 nitrogen and oxygen atoms in total. The summed E-state index contributed by atoms with van der Waals surface area (Å²) >= 11 is 0. The fraction of sp³-hybridized carbons (Fsp3) is 1.00. The van der Waals surface area contributed by atoms with Crippen LogP contribution in [0.4, 0.5) is 0 Å². The van der Waals surface area contributed by atoms with Crippen molar-refractivity contribution in [3.63, 3.8) is 0 Å². The van der Waals surface area contributed by atoms with Gasteiger partial charge in [-0.25, -0.2) is 0 Å². The average Bonchev–Trinajstić information content (AvgIpc) is 1.93. The van der Waals surface area contributed by atoms with Crippen LogP contribution in [-0.2, 0) is 0 Å². The maximum atomic E-state index is 3.04. The molecule has 0 amide bonds. The Hall–Kier alpha value is -0.0800. The van der Waals surface area contributed by atoms with Crippen molar-refractivity contribution in [2.75, 3.05) is 27.3 Å². The lowest BCUT2D eigenvalue weighted by Crippen LogP contribution is -2.27. The van der Waals surface area contributed by atoms with Gasteiger partial charge in [0.25, 0.3) is 0 Å². The molecule has 0 atom stereocenters. The highest BCUT2D eigenvalue weighted by molar-refractivity contribution is 4.38. The van der Waals surface area contributed by atoms with Gasteiger partial charge in [0, 0.05) is 6.67 Å². The molecule has 0 aliphatic carbocycles. The van der Waals surface area contributed by atoms with E-state index in [1.807, 2.05) is 20.9 Å². The van der Waals surface area contributed by atoms with Crippen LogP contribution in [-0.4, -0.2) is 32.2 Å². The first kappa shape index (κ1) is 11.7. The number of hydrogen-bond donors (Lipinski definition) is 1. The van der Waals surface area contributed by atoms with E-state index in [4.69, 9.17) is 0 Å². The Morgan fingerprint density at radius 3 is 1.89 bits per heavy atom. The average molecular weight is 132 g/mol. The molecule has 0 unspecified atom stereocenters. The minimum absolute atomic E-state index is 0.983. The maximum Gasteiger partial charge on any atom is 0.0475 e. The largest absolute Gasteiger partial charge is 0.307 e. The van der Waals surface area contributed by atoms with Crippen LogP contribution in [0.2, 0.25) is 0 Å². The Labute approximate surface area is 59.2 Å². The molecule has 0 aromatic carbocycles. The van der Waals surface area contributed by atoms with Crippen LogP contribution < -0.4 is 5.32 Å². The van der Waals surface area contributed by atoms with Crippen molar-refractivity contribution in [1.29, 1.82) is 0 Å². The fourth-order valence-electron chi connectivity index (χ4n) is 0.382. The summed E-state index contributed by atoms with van der Waals surface area (Å²) in [7, 11) is 4.03. The molecule has 2 heteroatoms. The normalized spacial score (nSPS) is 8.67. The van der Waals surface area contributed by atoms with E-state index in [0.717, 1.165) is 13.2 Å². The molecule has 0 saturated heterocycles. The van der Waals surface area contributed by atoms with Gasteiger partial charge < -0.3 is 5.32 Å². The Morgan fingerprint density at radius 1 is 1.33 bits per heavy atom. The smallest absolute Gasteiger partial charge is 0.0475 e. The summed E-state index contributed by atoms with van der Waals surface area (Å²) in [6.45, 7) is 8.23. The SMILES string of the molecule is CC.CCN(C)CNC. The molecular weight excluding hydrogens is 112 g/mol. The van der Waals surface area contributed by atoms with Crippen molar-refractivity contribution in [1.82, 2.24) is 10.2 Å². The Bertz CT molecular complexity index is 37.9. The van der Waals surface area contributed by atoms with Crippen LogP contribution in [0.5, 0.6) is 0 Å². The van der Waals surface area contributed by atoms with Gasteiger partial charge in [-0.3, -0.25) is 4.90 Å². The van der Waals surface area contributed by atoms with Crippen molar-refractivity contribution >= 4 is 0 Å². The minimum Gasteiger partial charge on any atom is -0.307 e. The summed E-state index contributed by atoms with van der Waals surface area (Å²) in [4.78, 5) is 2.19. The number of nitrogens with zero attached hydrogens (tertiary/aromatic N) is 1. The molecule has 0 aromatic heterocycles. The molecule has 0 saturated carbocycles. The monoisotopic (exact) mass is 132 g/mol. The highest BCUT2D eigenvalue weighted by Gasteiger charge is 1.85. The Kier molecular flexibility index (Phi) is 14.0. The molecule has 1 N–H and O–H groups in total. The van der Waals surface area contributed by atoms with Crippen LogP contribution >= 0.6 is 0 Å². The third-order valence-electron chi connectivity index (χ3n) is 0.968. The fourth-order valence-corrected chi connectivity index (χ4v) is 0.382. The first-order chi connectivity index (χ1) is 4.31.